The monoisotopic (exact) mass is 587 g/mol. The number of hydrogen-bond donors (Lipinski definition) is 0. The summed E-state index contributed by atoms with van der Waals surface area (Å²) in [5, 5.41) is 4.38. The molecule has 214 valence electrons. The van der Waals surface area contributed by atoms with Gasteiger partial charge in [-0.3, -0.25) is 9.97 Å². The van der Waals surface area contributed by atoms with Crippen molar-refractivity contribution in [2.45, 2.75) is 0 Å². The van der Waals surface area contributed by atoms with E-state index >= 15 is 0 Å². The average Bonchev–Trinajstić information content (AvgIpc) is 3.14. The van der Waals surface area contributed by atoms with Crippen molar-refractivity contribution in [1.29, 1.82) is 0 Å². The minimum Gasteiger partial charge on any atom is -0.265 e. The van der Waals surface area contributed by atoms with Gasteiger partial charge < -0.3 is 0 Å². The third-order valence-corrected chi connectivity index (χ3v) is 8.60. The summed E-state index contributed by atoms with van der Waals surface area (Å²) in [4.78, 5) is 23.8. The molecule has 0 amide bonds. The maximum absolute atomic E-state index is 5.08. The molecule has 0 aliphatic heterocycles. The van der Waals surface area contributed by atoms with Crippen molar-refractivity contribution >= 4 is 43.6 Å². The first kappa shape index (κ1) is 26.1. The highest BCUT2D eigenvalue weighted by Crippen LogP contribution is 2.31. The number of nitrogens with zero attached hydrogens (tertiary/aromatic N) is 5. The van der Waals surface area contributed by atoms with E-state index in [9.17, 15) is 0 Å². The van der Waals surface area contributed by atoms with Gasteiger partial charge in [0.1, 0.15) is 0 Å². The maximum Gasteiger partial charge on any atom is 0.0972 e. The molecule has 0 spiro atoms. The predicted molar refractivity (Wildman–Crippen MR) is 187 cm³/mol. The molecule has 5 heteroatoms. The Hall–Kier alpha value is -6.33. The molecule has 0 unspecified atom stereocenters. The molecular formula is C41H25N5. The lowest BCUT2D eigenvalue weighted by Crippen LogP contribution is -1.90. The van der Waals surface area contributed by atoms with Gasteiger partial charge in [-0.25, -0.2) is 15.0 Å². The summed E-state index contributed by atoms with van der Waals surface area (Å²) in [6.07, 6.45) is 5.41. The molecule has 9 aromatic rings. The molecule has 0 aliphatic rings. The summed E-state index contributed by atoms with van der Waals surface area (Å²) in [5.41, 5.74) is 11.9. The molecule has 0 atom stereocenters. The Balaban J connectivity index is 1.04. The molecular weight excluding hydrogens is 562 g/mol. The van der Waals surface area contributed by atoms with Gasteiger partial charge in [0.2, 0.25) is 0 Å². The number of hydrogen-bond acceptors (Lipinski definition) is 5. The van der Waals surface area contributed by atoms with Gasteiger partial charge >= 0.3 is 0 Å². The SMILES string of the molecule is c1cnc2c(c1)ccc1ccc(-c3ccc(-c4ccc5ccc(-c6ccc7ccc(-c8ccncc8)nc7c6)cc5n4)cc3)nc12. The minimum absolute atomic E-state index is 0.919. The van der Waals surface area contributed by atoms with Gasteiger partial charge in [-0.15, -0.1) is 0 Å². The third kappa shape index (κ3) is 4.62. The third-order valence-electron chi connectivity index (χ3n) is 8.60. The highest BCUT2D eigenvalue weighted by Gasteiger charge is 2.09. The molecule has 0 radical (unpaired) electrons. The van der Waals surface area contributed by atoms with Crippen molar-refractivity contribution < 1.29 is 0 Å². The van der Waals surface area contributed by atoms with Gasteiger partial charge in [0.15, 0.2) is 0 Å². The van der Waals surface area contributed by atoms with Gasteiger partial charge in [0.05, 0.1) is 39.1 Å². The Bertz CT molecular complexity index is 2580. The van der Waals surface area contributed by atoms with E-state index in [0.717, 1.165) is 88.5 Å². The number of pyridine rings is 5. The highest BCUT2D eigenvalue weighted by molar-refractivity contribution is 6.03. The molecule has 0 saturated heterocycles. The molecule has 46 heavy (non-hydrogen) atoms. The van der Waals surface area contributed by atoms with E-state index in [2.05, 4.69) is 125 Å². The number of benzene rings is 4. The molecule has 9 rings (SSSR count). The Labute approximate surface area is 264 Å². The van der Waals surface area contributed by atoms with E-state index in [1.807, 2.05) is 24.4 Å². The van der Waals surface area contributed by atoms with Gasteiger partial charge in [-0.2, -0.15) is 0 Å². The number of rotatable bonds is 4. The fourth-order valence-corrected chi connectivity index (χ4v) is 6.13. The summed E-state index contributed by atoms with van der Waals surface area (Å²) < 4.78 is 0. The lowest BCUT2D eigenvalue weighted by molar-refractivity contribution is 1.31. The van der Waals surface area contributed by atoms with Crippen molar-refractivity contribution in [2.75, 3.05) is 0 Å². The normalized spacial score (nSPS) is 11.5. The van der Waals surface area contributed by atoms with Crippen LogP contribution in [0.3, 0.4) is 0 Å². The van der Waals surface area contributed by atoms with Crippen LogP contribution in [0.25, 0.3) is 88.5 Å². The summed E-state index contributed by atoms with van der Waals surface area (Å²) in [7, 11) is 0. The van der Waals surface area contributed by atoms with Crippen LogP contribution in [0.2, 0.25) is 0 Å². The zero-order chi connectivity index (χ0) is 30.5. The molecule has 5 aromatic heterocycles. The summed E-state index contributed by atoms with van der Waals surface area (Å²) in [6, 6.07) is 46.2. The van der Waals surface area contributed by atoms with Crippen molar-refractivity contribution in [3.63, 3.8) is 0 Å². The maximum atomic E-state index is 5.08. The molecule has 5 heterocycles. The van der Waals surface area contributed by atoms with Gasteiger partial charge in [-0.05, 0) is 59.7 Å². The lowest BCUT2D eigenvalue weighted by Gasteiger charge is -2.09. The molecule has 0 aliphatic carbocycles. The van der Waals surface area contributed by atoms with Gasteiger partial charge in [-0.1, -0.05) is 84.9 Å². The van der Waals surface area contributed by atoms with Gasteiger partial charge in [0.25, 0.3) is 0 Å². The molecule has 5 nitrogen and oxygen atoms in total. The van der Waals surface area contributed by atoms with Crippen LogP contribution in [0, 0.1) is 0 Å². The molecule has 0 bridgehead atoms. The van der Waals surface area contributed by atoms with Gasteiger partial charge in [0, 0.05) is 56.8 Å². The van der Waals surface area contributed by atoms with Crippen molar-refractivity contribution in [3.05, 3.63) is 152 Å². The standard InChI is InChI=1S/C41H25N5/c1-2-31-9-10-32-15-18-37(46-41(32)40(31)43-21-1)27-5-3-26(4-6-27)35-16-13-28-7-11-33(24-38(28)44-35)34-12-8-29-14-17-36(45-39(29)25-34)30-19-22-42-23-20-30/h1-25H. The predicted octanol–water partition coefficient (Wildman–Crippen LogP) is 9.94. The largest absolute Gasteiger partial charge is 0.265 e. The van der Waals surface area contributed by atoms with E-state index < -0.39 is 0 Å². The zero-order valence-corrected chi connectivity index (χ0v) is 24.7. The zero-order valence-electron chi connectivity index (χ0n) is 24.7. The fraction of sp³-hybridized carbons (Fsp3) is 0. The molecule has 0 saturated carbocycles. The summed E-state index contributed by atoms with van der Waals surface area (Å²) >= 11 is 0. The molecule has 0 fully saturated rings. The molecule has 4 aromatic carbocycles. The first-order valence-electron chi connectivity index (χ1n) is 15.2. The quantitative estimate of drug-likeness (QED) is 0.192. The first-order chi connectivity index (χ1) is 22.7. The Morgan fingerprint density at radius 3 is 1.39 bits per heavy atom. The van der Waals surface area contributed by atoms with Crippen LogP contribution in [-0.2, 0) is 0 Å². The van der Waals surface area contributed by atoms with E-state index in [0.29, 0.717) is 0 Å². The summed E-state index contributed by atoms with van der Waals surface area (Å²) in [5.74, 6) is 0. The minimum atomic E-state index is 0.919. The highest BCUT2D eigenvalue weighted by atomic mass is 14.8. The lowest BCUT2D eigenvalue weighted by atomic mass is 10.0. The molecule has 0 N–H and O–H groups in total. The number of aromatic nitrogens is 5. The van der Waals surface area contributed by atoms with Crippen LogP contribution in [0.1, 0.15) is 0 Å². The van der Waals surface area contributed by atoms with E-state index in [-0.39, 0.29) is 0 Å². The second-order valence-corrected chi connectivity index (χ2v) is 11.4. The van der Waals surface area contributed by atoms with Crippen LogP contribution in [0.5, 0.6) is 0 Å². The second-order valence-electron chi connectivity index (χ2n) is 11.4. The first-order valence-corrected chi connectivity index (χ1v) is 15.2. The van der Waals surface area contributed by atoms with Crippen molar-refractivity contribution in [2.24, 2.45) is 0 Å². The van der Waals surface area contributed by atoms with Crippen LogP contribution < -0.4 is 0 Å². The Morgan fingerprint density at radius 2 is 0.783 bits per heavy atom. The number of fused-ring (bicyclic) bond motifs is 5. The average molecular weight is 588 g/mol. The van der Waals surface area contributed by atoms with E-state index in [4.69, 9.17) is 15.0 Å². The van der Waals surface area contributed by atoms with Crippen LogP contribution in [0.4, 0.5) is 0 Å². The van der Waals surface area contributed by atoms with Crippen molar-refractivity contribution in [1.82, 2.24) is 24.9 Å². The van der Waals surface area contributed by atoms with Crippen LogP contribution >= 0.6 is 0 Å². The van der Waals surface area contributed by atoms with Crippen LogP contribution in [0.15, 0.2) is 152 Å². The Kier molecular flexibility index (Phi) is 6.06. The topological polar surface area (TPSA) is 64.5 Å². The summed E-state index contributed by atoms with van der Waals surface area (Å²) in [6.45, 7) is 0. The van der Waals surface area contributed by atoms with Crippen LogP contribution in [-0.4, -0.2) is 24.9 Å². The van der Waals surface area contributed by atoms with Crippen molar-refractivity contribution in [3.8, 4) is 44.9 Å². The van der Waals surface area contributed by atoms with E-state index in [1.54, 1.807) is 12.4 Å². The Morgan fingerprint density at radius 1 is 0.326 bits per heavy atom. The smallest absolute Gasteiger partial charge is 0.0972 e. The fourth-order valence-electron chi connectivity index (χ4n) is 6.13. The van der Waals surface area contributed by atoms with E-state index in [1.165, 1.54) is 0 Å². The second kappa shape index (κ2) is 10.7.